The third-order valence-electron chi connectivity index (χ3n) is 10.0. The lowest BCUT2D eigenvalue weighted by Gasteiger charge is -2.11. The normalized spacial score (nSPS) is 11.6. The van der Waals surface area contributed by atoms with E-state index < -0.39 is 0 Å². The Morgan fingerprint density at radius 1 is 0.404 bits per heavy atom. The summed E-state index contributed by atoms with van der Waals surface area (Å²) in [6.07, 6.45) is 1.88. The van der Waals surface area contributed by atoms with Crippen molar-refractivity contribution in [2.24, 2.45) is 9.98 Å². The summed E-state index contributed by atoms with van der Waals surface area (Å²) in [7, 11) is 0. The van der Waals surface area contributed by atoms with Crippen LogP contribution in [0.1, 0.15) is 16.7 Å². The molecule has 0 saturated carbocycles. The van der Waals surface area contributed by atoms with Crippen molar-refractivity contribution in [3.05, 3.63) is 229 Å². The summed E-state index contributed by atoms with van der Waals surface area (Å²) in [6.45, 7) is 0.560. The van der Waals surface area contributed by atoms with Crippen molar-refractivity contribution in [3.8, 4) is 56.2 Å². The molecule has 270 valence electrons. The van der Waals surface area contributed by atoms with E-state index in [-0.39, 0.29) is 0 Å². The molecule has 0 aliphatic heterocycles. The maximum absolute atomic E-state index is 5.02. The number of amidine groups is 1. The van der Waals surface area contributed by atoms with Gasteiger partial charge in [-0.2, -0.15) is 0 Å². The van der Waals surface area contributed by atoms with Gasteiger partial charge < -0.3 is 0 Å². The summed E-state index contributed by atoms with van der Waals surface area (Å²) in [5.41, 5.74) is 12.6. The maximum atomic E-state index is 5.02. The topological polar surface area (TPSA) is 50.5 Å². The maximum Gasteiger partial charge on any atom is 0.160 e. The van der Waals surface area contributed by atoms with Crippen LogP contribution >= 0.6 is 0 Å². The first-order valence-corrected chi connectivity index (χ1v) is 19.1. The van der Waals surface area contributed by atoms with Crippen LogP contribution in [0.3, 0.4) is 0 Å². The van der Waals surface area contributed by atoms with Gasteiger partial charge in [0.05, 0.1) is 17.9 Å². The van der Waals surface area contributed by atoms with Crippen LogP contribution in [0.15, 0.2) is 222 Å². The Hall–Kier alpha value is -7.56. The first-order chi connectivity index (χ1) is 28.2. The first-order valence-electron chi connectivity index (χ1n) is 19.1. The van der Waals surface area contributed by atoms with Gasteiger partial charge in [0.15, 0.2) is 11.7 Å². The van der Waals surface area contributed by atoms with Gasteiger partial charge in [-0.05, 0) is 62.4 Å². The van der Waals surface area contributed by atoms with Gasteiger partial charge in [0.25, 0.3) is 0 Å². The fourth-order valence-electron chi connectivity index (χ4n) is 6.95. The monoisotopic (exact) mass is 730 g/mol. The number of benzene rings is 8. The van der Waals surface area contributed by atoms with Crippen LogP contribution in [0.4, 0.5) is 0 Å². The number of hydrogen-bond donors (Lipinski definition) is 0. The smallest absolute Gasteiger partial charge is 0.160 e. The van der Waals surface area contributed by atoms with Crippen LogP contribution in [0.5, 0.6) is 0 Å². The van der Waals surface area contributed by atoms with Crippen LogP contribution in [-0.4, -0.2) is 22.0 Å². The second-order valence-electron chi connectivity index (χ2n) is 13.9. The predicted molar refractivity (Wildman–Crippen MR) is 237 cm³/mol. The molecule has 0 aliphatic rings. The molecule has 9 rings (SSSR count). The third kappa shape index (κ3) is 8.26. The molecule has 57 heavy (non-hydrogen) atoms. The number of rotatable bonds is 9. The van der Waals surface area contributed by atoms with Gasteiger partial charge in [-0.15, -0.1) is 0 Å². The molecule has 8 aromatic carbocycles. The highest BCUT2D eigenvalue weighted by Crippen LogP contribution is 2.32. The van der Waals surface area contributed by atoms with Crippen molar-refractivity contribution >= 4 is 22.8 Å². The van der Waals surface area contributed by atoms with E-state index >= 15 is 0 Å². The minimum Gasteiger partial charge on any atom is -0.261 e. The molecule has 0 saturated heterocycles. The Kier molecular flexibility index (Phi) is 10.1. The number of fused-ring (bicyclic) bond motifs is 1. The Balaban J connectivity index is 0.983. The SMILES string of the molecule is C(=NC(=NCc1ccccc1)c1ccc(-c2ccc3ccc(-c4ccc(-c5cc(-c6ccccc6)nc(-c6ccccc6)n5)cc4)cc3c2)cc1)c1ccccc1. The Bertz CT molecular complexity index is 2760. The molecule has 0 unspecified atom stereocenters. The van der Waals surface area contributed by atoms with Crippen LogP contribution < -0.4 is 0 Å². The predicted octanol–water partition coefficient (Wildman–Crippen LogP) is 13.0. The van der Waals surface area contributed by atoms with E-state index in [4.69, 9.17) is 20.0 Å². The lowest BCUT2D eigenvalue weighted by Crippen LogP contribution is -2.00. The van der Waals surface area contributed by atoms with Crippen molar-refractivity contribution in [1.82, 2.24) is 9.97 Å². The van der Waals surface area contributed by atoms with E-state index in [0.717, 1.165) is 67.0 Å². The van der Waals surface area contributed by atoms with Gasteiger partial charge in [-0.3, -0.25) is 4.99 Å². The molecule has 9 aromatic rings. The van der Waals surface area contributed by atoms with Crippen LogP contribution in [0.25, 0.3) is 66.9 Å². The summed E-state index contributed by atoms with van der Waals surface area (Å²) in [6, 6.07) is 73.5. The second-order valence-corrected chi connectivity index (χ2v) is 13.9. The van der Waals surface area contributed by atoms with Crippen molar-refractivity contribution in [3.63, 3.8) is 0 Å². The number of nitrogens with zero attached hydrogens (tertiary/aromatic N) is 4. The zero-order valence-corrected chi connectivity index (χ0v) is 31.3. The third-order valence-corrected chi connectivity index (χ3v) is 10.0. The molecule has 0 radical (unpaired) electrons. The Morgan fingerprint density at radius 3 is 1.47 bits per heavy atom. The molecule has 1 heterocycles. The summed E-state index contributed by atoms with van der Waals surface area (Å²) in [5, 5.41) is 2.38. The van der Waals surface area contributed by atoms with Crippen molar-refractivity contribution in [2.75, 3.05) is 0 Å². The van der Waals surface area contributed by atoms with Gasteiger partial charge in [0.2, 0.25) is 0 Å². The summed E-state index contributed by atoms with van der Waals surface area (Å²) < 4.78 is 0. The standard InChI is InChI=1S/C53H38N4/c1-5-13-38(14-6-1)36-54-52(55-37-39-15-7-2-8-16-39)46-29-23-41(24-30-46)48-32-26-42-25-31-47(33-49(42)34-48)40-21-27-44(28-22-40)51-35-50(43-17-9-3-10-18-43)56-53(57-51)45-19-11-4-12-20-45/h1-36H,37H2. The van der Waals surface area contributed by atoms with Gasteiger partial charge in [-0.25, -0.2) is 15.0 Å². The van der Waals surface area contributed by atoms with E-state index in [9.17, 15) is 0 Å². The van der Waals surface area contributed by atoms with Crippen LogP contribution in [-0.2, 0) is 6.54 Å². The highest BCUT2D eigenvalue weighted by atomic mass is 14.9. The second kappa shape index (κ2) is 16.4. The zero-order valence-electron chi connectivity index (χ0n) is 31.3. The molecule has 0 N–H and O–H groups in total. The molecular formula is C53H38N4. The lowest BCUT2D eigenvalue weighted by molar-refractivity contribution is 1.06. The van der Waals surface area contributed by atoms with Crippen molar-refractivity contribution < 1.29 is 0 Å². The van der Waals surface area contributed by atoms with Crippen molar-refractivity contribution in [2.45, 2.75) is 6.54 Å². The molecule has 4 heteroatoms. The van der Waals surface area contributed by atoms with E-state index in [2.05, 4.69) is 127 Å². The molecule has 0 spiro atoms. The summed E-state index contributed by atoms with van der Waals surface area (Å²) in [5.74, 6) is 1.42. The number of aliphatic imine (C=N–C) groups is 2. The largest absolute Gasteiger partial charge is 0.261 e. The molecular weight excluding hydrogens is 693 g/mol. The minimum atomic E-state index is 0.560. The molecule has 0 atom stereocenters. The van der Waals surface area contributed by atoms with Crippen LogP contribution in [0.2, 0.25) is 0 Å². The molecule has 0 aliphatic carbocycles. The zero-order chi connectivity index (χ0) is 38.2. The van der Waals surface area contributed by atoms with E-state index in [1.165, 1.54) is 10.8 Å². The first kappa shape index (κ1) is 35.2. The molecule has 1 aromatic heterocycles. The van der Waals surface area contributed by atoms with Crippen molar-refractivity contribution in [1.29, 1.82) is 0 Å². The summed E-state index contributed by atoms with van der Waals surface area (Å²) in [4.78, 5) is 19.7. The highest BCUT2D eigenvalue weighted by Gasteiger charge is 2.12. The number of aromatic nitrogens is 2. The Morgan fingerprint density at radius 2 is 0.877 bits per heavy atom. The molecule has 4 nitrogen and oxygen atoms in total. The minimum absolute atomic E-state index is 0.560. The Labute approximate surface area is 333 Å². The highest BCUT2D eigenvalue weighted by molar-refractivity contribution is 6.05. The average molecular weight is 731 g/mol. The number of hydrogen-bond acceptors (Lipinski definition) is 3. The quantitative estimate of drug-likeness (QED) is 0.110. The van der Waals surface area contributed by atoms with E-state index in [1.807, 2.05) is 91.1 Å². The van der Waals surface area contributed by atoms with E-state index in [1.54, 1.807) is 0 Å². The molecule has 0 amide bonds. The van der Waals surface area contributed by atoms with Gasteiger partial charge in [0.1, 0.15) is 0 Å². The van der Waals surface area contributed by atoms with Gasteiger partial charge >= 0.3 is 0 Å². The summed E-state index contributed by atoms with van der Waals surface area (Å²) >= 11 is 0. The average Bonchev–Trinajstić information content (AvgIpc) is 3.30. The lowest BCUT2D eigenvalue weighted by atomic mass is 9.96. The molecule has 0 bridgehead atoms. The fraction of sp³-hybridized carbons (Fsp3) is 0.0189. The van der Waals surface area contributed by atoms with E-state index in [0.29, 0.717) is 18.2 Å². The fourth-order valence-corrected chi connectivity index (χ4v) is 6.95. The van der Waals surface area contributed by atoms with Crippen LogP contribution in [0, 0.1) is 0 Å². The molecule has 0 fully saturated rings. The van der Waals surface area contributed by atoms with Gasteiger partial charge in [0, 0.05) is 28.5 Å². The van der Waals surface area contributed by atoms with Gasteiger partial charge in [-0.1, -0.05) is 194 Å².